The Morgan fingerprint density at radius 3 is 2.41 bits per heavy atom. The number of fused-ring (bicyclic) bond motifs is 1. The molecule has 5 rings (SSSR count). The number of piperidine rings is 1. The van der Waals surface area contributed by atoms with Gasteiger partial charge in [-0.25, -0.2) is 9.97 Å². The van der Waals surface area contributed by atoms with Crippen molar-refractivity contribution in [2.75, 3.05) is 5.32 Å². The van der Waals surface area contributed by atoms with Crippen LogP contribution >= 0.6 is 0 Å². The highest BCUT2D eigenvalue weighted by atomic mass is 16.3. The molecular weight excluding hydrogens is 428 g/mol. The molecule has 0 radical (unpaired) electrons. The summed E-state index contributed by atoms with van der Waals surface area (Å²) in [5.74, 6) is 0.608. The molecule has 4 aromatic rings. The van der Waals surface area contributed by atoms with E-state index in [0.29, 0.717) is 17.2 Å². The van der Waals surface area contributed by atoms with Crippen LogP contribution in [-0.4, -0.2) is 52.2 Å². The zero-order valence-electron chi connectivity index (χ0n) is 20.2. The summed E-state index contributed by atoms with van der Waals surface area (Å²) in [7, 11) is 1.86. The summed E-state index contributed by atoms with van der Waals surface area (Å²) in [6.45, 7) is 8.84. The van der Waals surface area contributed by atoms with Gasteiger partial charge < -0.3 is 15.7 Å². The first kappa shape index (κ1) is 22.2. The van der Waals surface area contributed by atoms with Crippen LogP contribution < -0.4 is 10.6 Å². The normalized spacial score (nSPS) is 17.7. The summed E-state index contributed by atoms with van der Waals surface area (Å²) in [5, 5.41) is 31.6. The van der Waals surface area contributed by atoms with Crippen molar-refractivity contribution in [3.63, 3.8) is 0 Å². The first-order chi connectivity index (χ1) is 16.1. The van der Waals surface area contributed by atoms with Gasteiger partial charge in [0.2, 0.25) is 5.95 Å². The van der Waals surface area contributed by atoms with Gasteiger partial charge in [0.15, 0.2) is 5.65 Å². The first-order valence-electron chi connectivity index (χ1n) is 11.5. The fourth-order valence-electron chi connectivity index (χ4n) is 5.20. The Hall–Kier alpha value is -3.59. The average Bonchev–Trinajstić information content (AvgIpc) is 3.12. The lowest BCUT2D eigenvalue weighted by Gasteiger charge is -2.46. The molecule has 1 aromatic carbocycles. The van der Waals surface area contributed by atoms with Crippen LogP contribution in [-0.2, 0) is 7.05 Å². The minimum Gasteiger partial charge on any atom is -0.507 e. The lowest BCUT2D eigenvalue weighted by atomic mass is 9.80. The van der Waals surface area contributed by atoms with Crippen molar-refractivity contribution < 1.29 is 5.11 Å². The molecule has 3 aromatic heterocycles. The Morgan fingerprint density at radius 1 is 0.971 bits per heavy atom. The Morgan fingerprint density at radius 2 is 1.74 bits per heavy atom. The van der Waals surface area contributed by atoms with Gasteiger partial charge in [-0.2, -0.15) is 5.10 Å². The Kier molecular flexibility index (Phi) is 5.24. The van der Waals surface area contributed by atoms with Gasteiger partial charge in [0.25, 0.3) is 0 Å². The first-order valence-corrected chi connectivity index (χ1v) is 11.5. The van der Waals surface area contributed by atoms with E-state index in [1.54, 1.807) is 29.3 Å². The third-order valence-electron chi connectivity index (χ3n) is 6.26. The molecule has 9 nitrogen and oxygen atoms in total. The molecule has 0 bridgehead atoms. The van der Waals surface area contributed by atoms with Gasteiger partial charge in [-0.3, -0.25) is 4.68 Å². The second-order valence-electron chi connectivity index (χ2n) is 10.4. The van der Waals surface area contributed by atoms with Crippen molar-refractivity contribution in [2.24, 2.45) is 7.05 Å². The number of benzene rings is 1. The fourth-order valence-corrected chi connectivity index (χ4v) is 5.20. The lowest BCUT2D eigenvalue weighted by Crippen LogP contribution is -2.60. The molecule has 0 aliphatic carbocycles. The van der Waals surface area contributed by atoms with Gasteiger partial charge in [-0.1, -0.05) is 6.07 Å². The van der Waals surface area contributed by atoms with Crippen LogP contribution in [0.15, 0.2) is 42.9 Å². The van der Waals surface area contributed by atoms with Gasteiger partial charge in [0.05, 0.1) is 12.4 Å². The van der Waals surface area contributed by atoms with E-state index in [9.17, 15) is 5.11 Å². The van der Waals surface area contributed by atoms with Crippen molar-refractivity contribution in [1.82, 2.24) is 35.3 Å². The molecule has 1 aliphatic heterocycles. The predicted octanol–water partition coefficient (Wildman–Crippen LogP) is 3.91. The lowest BCUT2D eigenvalue weighted by molar-refractivity contribution is 0.170. The molecule has 34 heavy (non-hydrogen) atoms. The van der Waals surface area contributed by atoms with E-state index < -0.39 is 0 Å². The number of nitrogens with one attached hydrogen (secondary N) is 2. The molecule has 0 unspecified atom stereocenters. The van der Waals surface area contributed by atoms with Gasteiger partial charge >= 0.3 is 0 Å². The van der Waals surface area contributed by atoms with Crippen molar-refractivity contribution in [3.8, 4) is 28.1 Å². The molecule has 0 atom stereocenters. The number of rotatable bonds is 4. The van der Waals surface area contributed by atoms with Gasteiger partial charge in [-0.05, 0) is 64.3 Å². The summed E-state index contributed by atoms with van der Waals surface area (Å²) in [4.78, 5) is 8.95. The zero-order chi connectivity index (χ0) is 24.1. The molecule has 0 saturated carbocycles. The Labute approximate surface area is 198 Å². The summed E-state index contributed by atoms with van der Waals surface area (Å²) in [5.41, 5.74) is 3.72. The number of nitrogens with zero attached hydrogens (tertiary/aromatic N) is 6. The smallest absolute Gasteiger partial charge is 0.242 e. The van der Waals surface area contributed by atoms with Crippen LogP contribution in [0.4, 0.5) is 5.95 Å². The highest BCUT2D eigenvalue weighted by molar-refractivity contribution is 5.82. The van der Waals surface area contributed by atoms with Crippen LogP contribution in [0.3, 0.4) is 0 Å². The molecule has 1 fully saturated rings. The molecule has 9 heteroatoms. The maximum atomic E-state index is 10.7. The highest BCUT2D eigenvalue weighted by Crippen LogP contribution is 2.33. The van der Waals surface area contributed by atoms with E-state index in [0.717, 1.165) is 35.0 Å². The van der Waals surface area contributed by atoms with Gasteiger partial charge in [0, 0.05) is 46.9 Å². The molecule has 0 amide bonds. The second kappa shape index (κ2) is 8.02. The average molecular weight is 459 g/mol. The number of aromatic hydroxyl groups is 1. The Bertz CT molecular complexity index is 1330. The van der Waals surface area contributed by atoms with Crippen LogP contribution in [0.1, 0.15) is 40.5 Å². The third kappa shape index (κ3) is 4.43. The van der Waals surface area contributed by atoms with Crippen LogP contribution in [0, 0.1) is 0 Å². The van der Waals surface area contributed by atoms with Crippen molar-refractivity contribution in [2.45, 2.75) is 57.7 Å². The summed E-state index contributed by atoms with van der Waals surface area (Å²) < 4.78 is 1.73. The topological polar surface area (TPSA) is 114 Å². The number of anilines is 1. The van der Waals surface area contributed by atoms with Crippen LogP contribution in [0.2, 0.25) is 0 Å². The SMILES string of the molecule is Cn1ncc2cc(-c3ccc(-c4cnc(NC5CC(C)(C)NC(C)(C)C5)nn4)c(O)c3)cnc21. The summed E-state index contributed by atoms with van der Waals surface area (Å²) in [6, 6.07) is 7.73. The maximum Gasteiger partial charge on any atom is 0.242 e. The second-order valence-corrected chi connectivity index (χ2v) is 10.4. The van der Waals surface area contributed by atoms with E-state index in [1.165, 1.54) is 0 Å². The number of hydrogen-bond acceptors (Lipinski definition) is 8. The zero-order valence-corrected chi connectivity index (χ0v) is 20.2. The van der Waals surface area contributed by atoms with Crippen molar-refractivity contribution in [3.05, 3.63) is 42.9 Å². The van der Waals surface area contributed by atoms with E-state index in [-0.39, 0.29) is 22.9 Å². The minimum absolute atomic E-state index is 0.0252. The van der Waals surface area contributed by atoms with E-state index in [4.69, 9.17) is 0 Å². The van der Waals surface area contributed by atoms with E-state index >= 15 is 0 Å². The standard InChI is InChI=1S/C25H30N8O/c1-24(2)10-18(11-25(3,4)32-24)29-23-27-14-20(30-31-23)19-7-6-15(9-21(19)34)16-8-17-13-28-33(5)22(17)26-12-16/h6-9,12-14,18,32,34H,10-11H2,1-5H3,(H,27,29,31). The minimum atomic E-state index is 0.0252. The number of aryl methyl sites for hydroxylation is 1. The van der Waals surface area contributed by atoms with E-state index in [1.807, 2.05) is 25.2 Å². The molecule has 4 heterocycles. The van der Waals surface area contributed by atoms with Crippen LogP contribution in [0.25, 0.3) is 33.4 Å². The molecule has 0 spiro atoms. The summed E-state index contributed by atoms with van der Waals surface area (Å²) >= 11 is 0. The number of phenols is 1. The number of phenolic OH excluding ortho intramolecular Hbond substituents is 1. The highest BCUT2D eigenvalue weighted by Gasteiger charge is 2.37. The Balaban J connectivity index is 1.34. The number of pyridine rings is 1. The fraction of sp³-hybridized carbons (Fsp3) is 0.400. The molecular formula is C25H30N8O. The van der Waals surface area contributed by atoms with Gasteiger partial charge in [0.1, 0.15) is 11.4 Å². The summed E-state index contributed by atoms with van der Waals surface area (Å²) in [6.07, 6.45) is 7.13. The molecule has 176 valence electrons. The predicted molar refractivity (Wildman–Crippen MR) is 132 cm³/mol. The molecule has 1 saturated heterocycles. The third-order valence-corrected chi connectivity index (χ3v) is 6.26. The number of hydrogen-bond donors (Lipinski definition) is 3. The van der Waals surface area contributed by atoms with Crippen LogP contribution in [0.5, 0.6) is 5.75 Å². The van der Waals surface area contributed by atoms with Gasteiger partial charge in [-0.15, -0.1) is 10.2 Å². The largest absolute Gasteiger partial charge is 0.507 e. The van der Waals surface area contributed by atoms with Crippen molar-refractivity contribution >= 4 is 17.0 Å². The molecule has 1 aliphatic rings. The maximum absolute atomic E-state index is 10.7. The number of aromatic nitrogens is 6. The van der Waals surface area contributed by atoms with E-state index in [2.05, 4.69) is 63.6 Å². The quantitative estimate of drug-likeness (QED) is 0.422. The monoisotopic (exact) mass is 458 g/mol. The van der Waals surface area contributed by atoms with Crippen molar-refractivity contribution in [1.29, 1.82) is 0 Å². The molecule has 3 N–H and O–H groups in total.